The van der Waals surface area contributed by atoms with Gasteiger partial charge in [-0.2, -0.15) is 0 Å². The van der Waals surface area contributed by atoms with Crippen LogP contribution in [0, 0.1) is 0 Å². The van der Waals surface area contributed by atoms with Crippen LogP contribution in [0.2, 0.25) is 0 Å². The van der Waals surface area contributed by atoms with Crippen molar-refractivity contribution < 1.29 is 4.79 Å². The summed E-state index contributed by atoms with van der Waals surface area (Å²) in [5.41, 5.74) is 1.26. The smallest absolute Gasteiger partial charge is 0.223 e. The number of amides is 1. The number of hydrogen-bond acceptors (Lipinski definition) is 1. The Hall–Kier alpha value is -1.31. The number of nitrogens with zero attached hydrogens (tertiary/aromatic N) is 1. The van der Waals surface area contributed by atoms with Gasteiger partial charge >= 0.3 is 0 Å². The minimum atomic E-state index is 0.313. The summed E-state index contributed by atoms with van der Waals surface area (Å²) < 4.78 is 0. The number of hydrogen-bond donors (Lipinski definition) is 0. The minimum absolute atomic E-state index is 0.313. The molecule has 1 aromatic rings. The molecule has 2 heteroatoms. The molecule has 0 saturated carbocycles. The van der Waals surface area contributed by atoms with Crippen LogP contribution in [0.3, 0.4) is 0 Å². The van der Waals surface area contributed by atoms with Crippen LogP contribution < -0.4 is 0 Å². The van der Waals surface area contributed by atoms with Crippen LogP contribution in [0.1, 0.15) is 57.4 Å². The average Bonchev–Trinajstić information content (AvgIpc) is 2.48. The highest BCUT2D eigenvalue weighted by molar-refractivity contribution is 5.77. The van der Waals surface area contributed by atoms with E-state index >= 15 is 0 Å². The van der Waals surface area contributed by atoms with E-state index in [1.807, 2.05) is 18.2 Å². The summed E-state index contributed by atoms with van der Waals surface area (Å²) in [4.78, 5) is 14.6. The van der Waals surface area contributed by atoms with E-state index in [2.05, 4.69) is 30.9 Å². The fourth-order valence-corrected chi connectivity index (χ4v) is 3.03. The molecule has 1 aromatic carbocycles. The third kappa shape index (κ3) is 3.59. The first-order valence-electron chi connectivity index (χ1n) is 7.56. The van der Waals surface area contributed by atoms with Crippen molar-refractivity contribution in [3.05, 3.63) is 35.9 Å². The maximum absolute atomic E-state index is 12.5. The standard InChI is InChI=1S/C17H25NO/c1-3-16-11-7-8-12-18(16)17(19)13-14(2)15-9-5-4-6-10-15/h4-6,9-10,14,16H,3,7-8,11-13H2,1-2H3/t14-,16+/m1/s1. The maximum atomic E-state index is 12.5. The maximum Gasteiger partial charge on any atom is 0.223 e. The second kappa shape index (κ2) is 6.74. The molecule has 1 aliphatic heterocycles. The molecule has 1 amide bonds. The molecule has 0 N–H and O–H groups in total. The van der Waals surface area contributed by atoms with E-state index in [0.717, 1.165) is 13.0 Å². The zero-order valence-electron chi connectivity index (χ0n) is 12.1. The predicted molar refractivity (Wildman–Crippen MR) is 79.1 cm³/mol. The van der Waals surface area contributed by atoms with Crippen molar-refractivity contribution >= 4 is 5.91 Å². The van der Waals surface area contributed by atoms with Crippen molar-refractivity contribution in [1.82, 2.24) is 4.90 Å². The van der Waals surface area contributed by atoms with E-state index in [1.54, 1.807) is 0 Å². The fourth-order valence-electron chi connectivity index (χ4n) is 3.03. The average molecular weight is 259 g/mol. The van der Waals surface area contributed by atoms with Crippen molar-refractivity contribution in [2.75, 3.05) is 6.54 Å². The van der Waals surface area contributed by atoms with Gasteiger partial charge in [-0.1, -0.05) is 44.2 Å². The third-order valence-corrected chi connectivity index (χ3v) is 4.27. The minimum Gasteiger partial charge on any atom is -0.340 e. The highest BCUT2D eigenvalue weighted by atomic mass is 16.2. The van der Waals surface area contributed by atoms with Crippen LogP contribution in [-0.2, 0) is 4.79 Å². The lowest BCUT2D eigenvalue weighted by Crippen LogP contribution is -2.43. The zero-order chi connectivity index (χ0) is 13.7. The summed E-state index contributed by atoms with van der Waals surface area (Å²) in [6, 6.07) is 10.8. The van der Waals surface area contributed by atoms with Gasteiger partial charge in [-0.25, -0.2) is 0 Å². The Kier molecular flexibility index (Phi) is 5.00. The lowest BCUT2D eigenvalue weighted by atomic mass is 9.94. The Morgan fingerprint density at radius 2 is 2.05 bits per heavy atom. The Balaban J connectivity index is 1.96. The van der Waals surface area contributed by atoms with Gasteiger partial charge in [-0.15, -0.1) is 0 Å². The molecule has 1 aliphatic rings. The first-order valence-corrected chi connectivity index (χ1v) is 7.56. The van der Waals surface area contributed by atoms with Crippen LogP contribution in [0.4, 0.5) is 0 Å². The van der Waals surface area contributed by atoms with E-state index in [1.165, 1.54) is 24.8 Å². The van der Waals surface area contributed by atoms with Gasteiger partial charge in [0.1, 0.15) is 0 Å². The van der Waals surface area contributed by atoms with Crippen LogP contribution in [-0.4, -0.2) is 23.4 Å². The second-order valence-electron chi connectivity index (χ2n) is 5.66. The van der Waals surface area contributed by atoms with Crippen molar-refractivity contribution in [1.29, 1.82) is 0 Å². The zero-order valence-corrected chi connectivity index (χ0v) is 12.1. The molecule has 0 spiro atoms. The van der Waals surface area contributed by atoms with Crippen LogP contribution >= 0.6 is 0 Å². The summed E-state index contributed by atoms with van der Waals surface area (Å²) in [6.45, 7) is 5.30. The molecule has 2 rings (SSSR count). The van der Waals surface area contributed by atoms with Gasteiger partial charge in [0.2, 0.25) is 5.91 Å². The Labute approximate surface area is 116 Å². The molecule has 19 heavy (non-hydrogen) atoms. The number of likely N-dealkylation sites (tertiary alicyclic amines) is 1. The molecule has 2 nitrogen and oxygen atoms in total. The molecule has 1 fully saturated rings. The first kappa shape index (κ1) is 14.1. The fraction of sp³-hybridized carbons (Fsp3) is 0.588. The molecule has 1 saturated heterocycles. The summed E-state index contributed by atoms with van der Waals surface area (Å²) >= 11 is 0. The Morgan fingerprint density at radius 3 is 2.74 bits per heavy atom. The lowest BCUT2D eigenvalue weighted by molar-refractivity contribution is -0.135. The SMILES string of the molecule is CC[C@H]1CCCCN1C(=O)C[C@@H](C)c1ccccc1. The lowest BCUT2D eigenvalue weighted by Gasteiger charge is -2.36. The monoisotopic (exact) mass is 259 g/mol. The topological polar surface area (TPSA) is 20.3 Å². The largest absolute Gasteiger partial charge is 0.340 e. The predicted octanol–water partition coefficient (Wildman–Crippen LogP) is 3.97. The number of piperidine rings is 1. The van der Waals surface area contributed by atoms with Crippen LogP contribution in [0.5, 0.6) is 0 Å². The van der Waals surface area contributed by atoms with Crippen molar-refractivity contribution in [2.24, 2.45) is 0 Å². The molecule has 0 bridgehead atoms. The summed E-state index contributed by atoms with van der Waals surface area (Å²) in [5.74, 6) is 0.649. The van der Waals surface area contributed by atoms with Gasteiger partial charge in [0.05, 0.1) is 0 Å². The molecule has 2 atom stereocenters. The Morgan fingerprint density at radius 1 is 1.32 bits per heavy atom. The summed E-state index contributed by atoms with van der Waals surface area (Å²) in [5, 5.41) is 0. The van der Waals surface area contributed by atoms with E-state index in [0.29, 0.717) is 24.3 Å². The molecular formula is C17H25NO. The molecule has 104 valence electrons. The third-order valence-electron chi connectivity index (χ3n) is 4.27. The van der Waals surface area contributed by atoms with E-state index < -0.39 is 0 Å². The number of benzene rings is 1. The van der Waals surface area contributed by atoms with Gasteiger partial charge < -0.3 is 4.90 Å². The van der Waals surface area contributed by atoms with Gasteiger partial charge in [0.15, 0.2) is 0 Å². The number of carbonyl (C=O) groups is 1. The van der Waals surface area contributed by atoms with Gasteiger partial charge in [-0.3, -0.25) is 4.79 Å². The molecule has 0 aromatic heterocycles. The number of carbonyl (C=O) groups excluding carboxylic acids is 1. The molecule has 0 radical (unpaired) electrons. The van der Waals surface area contributed by atoms with Crippen molar-refractivity contribution in [3.8, 4) is 0 Å². The molecule has 0 unspecified atom stereocenters. The van der Waals surface area contributed by atoms with Gasteiger partial charge in [0, 0.05) is 19.0 Å². The van der Waals surface area contributed by atoms with E-state index in [9.17, 15) is 4.79 Å². The van der Waals surface area contributed by atoms with E-state index in [-0.39, 0.29) is 0 Å². The van der Waals surface area contributed by atoms with Crippen molar-refractivity contribution in [2.45, 2.75) is 57.9 Å². The van der Waals surface area contributed by atoms with Crippen LogP contribution in [0.25, 0.3) is 0 Å². The molecule has 0 aliphatic carbocycles. The highest BCUT2D eigenvalue weighted by Crippen LogP contribution is 2.24. The molecular weight excluding hydrogens is 234 g/mol. The summed E-state index contributed by atoms with van der Waals surface area (Å²) in [7, 11) is 0. The van der Waals surface area contributed by atoms with Gasteiger partial charge in [0.25, 0.3) is 0 Å². The highest BCUT2D eigenvalue weighted by Gasteiger charge is 2.26. The molecule has 1 heterocycles. The number of rotatable bonds is 4. The van der Waals surface area contributed by atoms with Crippen LogP contribution in [0.15, 0.2) is 30.3 Å². The first-order chi connectivity index (χ1) is 9.22. The Bertz CT molecular complexity index is 401. The van der Waals surface area contributed by atoms with E-state index in [4.69, 9.17) is 0 Å². The quantitative estimate of drug-likeness (QED) is 0.801. The summed E-state index contributed by atoms with van der Waals surface area (Å²) in [6.07, 6.45) is 5.35. The van der Waals surface area contributed by atoms with Gasteiger partial charge in [-0.05, 0) is 37.2 Å². The van der Waals surface area contributed by atoms with Crippen molar-refractivity contribution in [3.63, 3.8) is 0 Å². The normalized spacial score (nSPS) is 21.2. The second-order valence-corrected chi connectivity index (χ2v) is 5.66.